The normalized spacial score (nSPS) is 10.8. The number of aromatic nitrogens is 2. The molecule has 78 valence electrons. The standard InChI is InChI=1S/C10H12N4O/c1-4-3-6-7(9(12)15)8(11)14-10(6)13-5(4)2/h3H,11H2,1-2H3,(H2,12,15)(H,13,14). The third-order valence-corrected chi connectivity index (χ3v) is 2.50. The summed E-state index contributed by atoms with van der Waals surface area (Å²) in [6, 6.07) is 1.87. The van der Waals surface area contributed by atoms with Crippen LogP contribution >= 0.6 is 0 Å². The van der Waals surface area contributed by atoms with E-state index in [1.807, 2.05) is 19.9 Å². The average Bonchev–Trinajstić information content (AvgIpc) is 2.41. The van der Waals surface area contributed by atoms with Gasteiger partial charge in [0.2, 0.25) is 0 Å². The lowest BCUT2D eigenvalue weighted by molar-refractivity contribution is 0.100. The molecule has 0 aliphatic carbocycles. The number of aromatic amines is 1. The fourth-order valence-corrected chi connectivity index (χ4v) is 1.59. The van der Waals surface area contributed by atoms with Crippen molar-refractivity contribution < 1.29 is 4.79 Å². The van der Waals surface area contributed by atoms with E-state index in [9.17, 15) is 4.79 Å². The van der Waals surface area contributed by atoms with Crippen molar-refractivity contribution in [2.45, 2.75) is 13.8 Å². The molecule has 0 aliphatic rings. The fraction of sp³-hybridized carbons (Fsp3) is 0.200. The molecule has 5 heteroatoms. The van der Waals surface area contributed by atoms with E-state index >= 15 is 0 Å². The van der Waals surface area contributed by atoms with E-state index in [4.69, 9.17) is 11.5 Å². The van der Waals surface area contributed by atoms with Gasteiger partial charge in [0.15, 0.2) is 0 Å². The monoisotopic (exact) mass is 204 g/mol. The predicted molar refractivity (Wildman–Crippen MR) is 58.5 cm³/mol. The van der Waals surface area contributed by atoms with E-state index in [-0.39, 0.29) is 5.82 Å². The Balaban J connectivity index is 2.87. The van der Waals surface area contributed by atoms with Gasteiger partial charge in [-0.05, 0) is 25.5 Å². The van der Waals surface area contributed by atoms with Crippen LogP contribution in [0.25, 0.3) is 11.0 Å². The molecule has 0 aliphatic heterocycles. The molecule has 2 aromatic heterocycles. The number of primary amides is 1. The van der Waals surface area contributed by atoms with Crippen molar-refractivity contribution in [3.8, 4) is 0 Å². The summed E-state index contributed by atoms with van der Waals surface area (Å²) in [6.45, 7) is 3.82. The Bertz CT molecular complexity index is 556. The number of carbonyl (C=O) groups excluding carboxylic acids is 1. The zero-order valence-electron chi connectivity index (χ0n) is 8.59. The predicted octanol–water partition coefficient (Wildman–Crippen LogP) is 0.861. The molecule has 2 heterocycles. The number of hydrogen-bond donors (Lipinski definition) is 3. The molecule has 0 saturated heterocycles. The molecule has 5 nitrogen and oxygen atoms in total. The van der Waals surface area contributed by atoms with E-state index in [0.29, 0.717) is 16.6 Å². The first kappa shape index (κ1) is 9.51. The van der Waals surface area contributed by atoms with Gasteiger partial charge in [-0.3, -0.25) is 4.79 Å². The Morgan fingerprint density at radius 1 is 1.47 bits per heavy atom. The third kappa shape index (κ3) is 1.32. The van der Waals surface area contributed by atoms with E-state index in [0.717, 1.165) is 11.3 Å². The Hall–Kier alpha value is -2.04. The van der Waals surface area contributed by atoms with Crippen LogP contribution in [0.5, 0.6) is 0 Å². The minimum atomic E-state index is -0.538. The molecule has 0 aromatic carbocycles. The van der Waals surface area contributed by atoms with E-state index in [1.54, 1.807) is 0 Å². The van der Waals surface area contributed by atoms with Crippen LogP contribution < -0.4 is 11.5 Å². The second kappa shape index (κ2) is 2.98. The molecule has 0 bridgehead atoms. The van der Waals surface area contributed by atoms with Gasteiger partial charge < -0.3 is 16.5 Å². The quantitative estimate of drug-likeness (QED) is 0.642. The summed E-state index contributed by atoms with van der Waals surface area (Å²) in [4.78, 5) is 18.3. The molecule has 15 heavy (non-hydrogen) atoms. The summed E-state index contributed by atoms with van der Waals surface area (Å²) in [7, 11) is 0. The van der Waals surface area contributed by atoms with Gasteiger partial charge >= 0.3 is 0 Å². The zero-order valence-corrected chi connectivity index (χ0v) is 8.59. The first-order valence-corrected chi connectivity index (χ1v) is 4.56. The van der Waals surface area contributed by atoms with Gasteiger partial charge in [-0.15, -0.1) is 0 Å². The molecule has 0 radical (unpaired) electrons. The zero-order chi connectivity index (χ0) is 11.2. The number of nitrogens with zero attached hydrogens (tertiary/aromatic N) is 1. The molecule has 0 atom stereocenters. The van der Waals surface area contributed by atoms with E-state index in [1.165, 1.54) is 0 Å². The second-order valence-electron chi connectivity index (χ2n) is 3.56. The number of nitrogens with one attached hydrogen (secondary N) is 1. The number of nitrogens with two attached hydrogens (primary N) is 2. The number of fused-ring (bicyclic) bond motifs is 1. The van der Waals surface area contributed by atoms with Gasteiger partial charge in [-0.1, -0.05) is 0 Å². The highest BCUT2D eigenvalue weighted by Crippen LogP contribution is 2.24. The average molecular weight is 204 g/mol. The number of anilines is 1. The van der Waals surface area contributed by atoms with Crippen LogP contribution in [0.15, 0.2) is 6.07 Å². The number of amides is 1. The van der Waals surface area contributed by atoms with Crippen molar-refractivity contribution in [3.05, 3.63) is 22.9 Å². The number of pyridine rings is 1. The summed E-state index contributed by atoms with van der Waals surface area (Å²) in [6.07, 6.45) is 0. The minimum Gasteiger partial charge on any atom is -0.385 e. The summed E-state index contributed by atoms with van der Waals surface area (Å²) < 4.78 is 0. The van der Waals surface area contributed by atoms with Crippen LogP contribution in [0, 0.1) is 13.8 Å². The van der Waals surface area contributed by atoms with Crippen molar-refractivity contribution in [1.82, 2.24) is 9.97 Å². The minimum absolute atomic E-state index is 0.273. The Morgan fingerprint density at radius 2 is 2.13 bits per heavy atom. The molecule has 2 rings (SSSR count). The van der Waals surface area contributed by atoms with Crippen LogP contribution in [0.3, 0.4) is 0 Å². The molecule has 2 aromatic rings. The van der Waals surface area contributed by atoms with Crippen molar-refractivity contribution in [2.75, 3.05) is 5.73 Å². The number of rotatable bonds is 1. The molecule has 0 unspecified atom stereocenters. The largest absolute Gasteiger partial charge is 0.385 e. The molecule has 5 N–H and O–H groups in total. The maximum atomic E-state index is 11.2. The highest BCUT2D eigenvalue weighted by Gasteiger charge is 2.15. The third-order valence-electron chi connectivity index (χ3n) is 2.50. The number of nitrogen functional groups attached to an aromatic ring is 1. The van der Waals surface area contributed by atoms with Crippen LogP contribution in [-0.2, 0) is 0 Å². The van der Waals surface area contributed by atoms with Gasteiger partial charge in [0.25, 0.3) is 5.91 Å². The van der Waals surface area contributed by atoms with Crippen LogP contribution in [-0.4, -0.2) is 15.9 Å². The Labute approximate surface area is 86.5 Å². The Morgan fingerprint density at radius 3 is 2.73 bits per heavy atom. The van der Waals surface area contributed by atoms with Gasteiger partial charge in [0.1, 0.15) is 11.5 Å². The van der Waals surface area contributed by atoms with Gasteiger partial charge in [0, 0.05) is 11.1 Å². The smallest absolute Gasteiger partial charge is 0.253 e. The van der Waals surface area contributed by atoms with E-state index < -0.39 is 5.91 Å². The van der Waals surface area contributed by atoms with Crippen molar-refractivity contribution >= 4 is 22.8 Å². The molecule has 0 fully saturated rings. The maximum Gasteiger partial charge on any atom is 0.253 e. The summed E-state index contributed by atoms with van der Waals surface area (Å²) in [5, 5.41) is 0.683. The molecule has 0 spiro atoms. The van der Waals surface area contributed by atoms with Gasteiger partial charge in [-0.2, -0.15) is 0 Å². The SMILES string of the molecule is Cc1cc2c(C(N)=O)c(N)[nH]c2nc1C. The first-order valence-electron chi connectivity index (χ1n) is 4.56. The van der Waals surface area contributed by atoms with Crippen molar-refractivity contribution in [1.29, 1.82) is 0 Å². The highest BCUT2D eigenvalue weighted by molar-refractivity contribution is 6.09. The van der Waals surface area contributed by atoms with Crippen molar-refractivity contribution in [2.24, 2.45) is 5.73 Å². The lowest BCUT2D eigenvalue weighted by Crippen LogP contribution is -2.12. The molecule has 1 amide bonds. The van der Waals surface area contributed by atoms with Gasteiger partial charge in [0.05, 0.1) is 5.56 Å². The van der Waals surface area contributed by atoms with Crippen LogP contribution in [0.2, 0.25) is 0 Å². The second-order valence-corrected chi connectivity index (χ2v) is 3.56. The summed E-state index contributed by atoms with van der Waals surface area (Å²) in [5.41, 5.74) is 13.7. The highest BCUT2D eigenvalue weighted by atomic mass is 16.1. The van der Waals surface area contributed by atoms with Crippen LogP contribution in [0.4, 0.5) is 5.82 Å². The number of H-pyrrole nitrogens is 1. The number of carbonyl (C=O) groups is 1. The fourth-order valence-electron chi connectivity index (χ4n) is 1.59. The number of aryl methyl sites for hydroxylation is 2. The van der Waals surface area contributed by atoms with E-state index in [2.05, 4.69) is 9.97 Å². The number of hydrogen-bond acceptors (Lipinski definition) is 3. The van der Waals surface area contributed by atoms with Gasteiger partial charge in [-0.25, -0.2) is 4.98 Å². The molecule has 0 saturated carbocycles. The first-order chi connectivity index (χ1) is 7.00. The van der Waals surface area contributed by atoms with Crippen LogP contribution in [0.1, 0.15) is 21.6 Å². The van der Waals surface area contributed by atoms with Crippen molar-refractivity contribution in [3.63, 3.8) is 0 Å². The summed E-state index contributed by atoms with van der Waals surface area (Å²) in [5.74, 6) is -0.265. The lowest BCUT2D eigenvalue weighted by Gasteiger charge is -1.99. The lowest BCUT2D eigenvalue weighted by atomic mass is 10.1. The maximum absolute atomic E-state index is 11.2. The Kier molecular flexibility index (Phi) is 1.89. The molecular formula is C10H12N4O. The molecular weight excluding hydrogens is 192 g/mol. The summed E-state index contributed by atoms with van der Waals surface area (Å²) >= 11 is 0. The topological polar surface area (TPSA) is 97.8 Å².